The van der Waals surface area contributed by atoms with Gasteiger partial charge in [0.05, 0.1) is 0 Å². The number of hydrogen-bond acceptors (Lipinski definition) is 3. The van der Waals surface area contributed by atoms with Crippen LogP contribution in [0.3, 0.4) is 0 Å². The third-order valence-corrected chi connectivity index (χ3v) is 4.05. The van der Waals surface area contributed by atoms with E-state index >= 15 is 0 Å². The number of halogens is 2. The zero-order valence-corrected chi connectivity index (χ0v) is 14.0. The average molecular weight is 344 g/mol. The van der Waals surface area contributed by atoms with Crippen LogP contribution >= 0.6 is 0 Å². The second-order valence-electron chi connectivity index (χ2n) is 5.92. The molecule has 0 aliphatic carbocycles. The summed E-state index contributed by atoms with van der Waals surface area (Å²) < 4.78 is 27.3. The van der Waals surface area contributed by atoms with Gasteiger partial charge in [0.25, 0.3) is 12.3 Å². The molecule has 25 heavy (non-hydrogen) atoms. The molecule has 2 aromatic heterocycles. The van der Waals surface area contributed by atoms with E-state index in [1.54, 1.807) is 0 Å². The van der Waals surface area contributed by atoms with Gasteiger partial charge in [0, 0.05) is 30.7 Å². The highest BCUT2D eigenvalue weighted by atomic mass is 19.3. The Bertz CT molecular complexity index is 921. The van der Waals surface area contributed by atoms with Crippen molar-refractivity contribution in [2.75, 3.05) is 6.54 Å². The van der Waals surface area contributed by atoms with Crippen LogP contribution in [0.1, 0.15) is 33.7 Å². The van der Waals surface area contributed by atoms with Crippen molar-refractivity contribution in [3.8, 4) is 0 Å². The molecule has 7 heteroatoms. The Morgan fingerprint density at radius 2 is 2.08 bits per heavy atom. The molecule has 2 heterocycles. The standard InChI is InChI=1S/C18H18F2N4O/c1-11-3-4-13-12(9-24(2)16(13)7-11)5-6-21-18(25)15-8-14(17(19)20)22-10-23-15/h3-4,7-10,17H,5-6H2,1-2H3,(H,21,25). The van der Waals surface area contributed by atoms with E-state index in [2.05, 4.69) is 38.1 Å². The van der Waals surface area contributed by atoms with Gasteiger partial charge in [-0.25, -0.2) is 18.7 Å². The molecule has 0 saturated carbocycles. The molecule has 0 aliphatic rings. The molecule has 130 valence electrons. The summed E-state index contributed by atoms with van der Waals surface area (Å²) in [5.74, 6) is -0.486. The summed E-state index contributed by atoms with van der Waals surface area (Å²) in [6, 6.07) is 7.25. The third kappa shape index (κ3) is 3.65. The van der Waals surface area contributed by atoms with E-state index in [0.29, 0.717) is 13.0 Å². The Morgan fingerprint density at radius 1 is 1.28 bits per heavy atom. The Hall–Kier alpha value is -2.83. The molecule has 0 fully saturated rings. The fourth-order valence-corrected chi connectivity index (χ4v) is 2.79. The van der Waals surface area contributed by atoms with Gasteiger partial charge in [0.15, 0.2) is 0 Å². The van der Waals surface area contributed by atoms with Crippen LogP contribution < -0.4 is 5.32 Å². The van der Waals surface area contributed by atoms with Crippen molar-refractivity contribution in [1.82, 2.24) is 19.9 Å². The van der Waals surface area contributed by atoms with Crippen LogP contribution in [0.4, 0.5) is 8.78 Å². The van der Waals surface area contributed by atoms with Gasteiger partial charge >= 0.3 is 0 Å². The summed E-state index contributed by atoms with van der Waals surface area (Å²) >= 11 is 0. The van der Waals surface area contributed by atoms with Gasteiger partial charge in [0.1, 0.15) is 17.7 Å². The number of hydrogen-bond donors (Lipinski definition) is 1. The molecule has 0 spiro atoms. The van der Waals surface area contributed by atoms with Gasteiger partial charge in [-0.2, -0.15) is 0 Å². The largest absolute Gasteiger partial charge is 0.350 e. The van der Waals surface area contributed by atoms with E-state index in [0.717, 1.165) is 28.9 Å². The van der Waals surface area contributed by atoms with Gasteiger partial charge in [-0.3, -0.25) is 4.79 Å². The fourth-order valence-electron chi connectivity index (χ4n) is 2.79. The normalized spacial score (nSPS) is 11.2. The maximum absolute atomic E-state index is 12.6. The number of carbonyl (C=O) groups is 1. The number of nitrogens with one attached hydrogen (secondary N) is 1. The van der Waals surface area contributed by atoms with E-state index in [1.807, 2.05) is 20.2 Å². The summed E-state index contributed by atoms with van der Waals surface area (Å²) in [4.78, 5) is 19.3. The van der Waals surface area contributed by atoms with Crippen molar-refractivity contribution >= 4 is 16.8 Å². The fraction of sp³-hybridized carbons (Fsp3) is 0.278. The monoisotopic (exact) mass is 344 g/mol. The number of alkyl halides is 2. The average Bonchev–Trinajstić information content (AvgIpc) is 2.90. The molecule has 3 rings (SSSR count). The lowest BCUT2D eigenvalue weighted by atomic mass is 10.1. The number of rotatable bonds is 5. The minimum Gasteiger partial charge on any atom is -0.350 e. The molecule has 1 N–H and O–H groups in total. The molecular weight excluding hydrogens is 326 g/mol. The molecule has 1 aromatic carbocycles. The molecular formula is C18H18F2N4O. The van der Waals surface area contributed by atoms with Crippen molar-refractivity contribution in [1.29, 1.82) is 0 Å². The number of benzene rings is 1. The maximum atomic E-state index is 12.6. The first kappa shape index (κ1) is 17.0. The zero-order valence-electron chi connectivity index (χ0n) is 14.0. The molecule has 0 aliphatic heterocycles. The van der Waals surface area contributed by atoms with Gasteiger partial charge in [0.2, 0.25) is 0 Å². The molecule has 0 radical (unpaired) electrons. The van der Waals surface area contributed by atoms with Crippen molar-refractivity contribution in [2.24, 2.45) is 7.05 Å². The Morgan fingerprint density at radius 3 is 2.84 bits per heavy atom. The topological polar surface area (TPSA) is 59.8 Å². The van der Waals surface area contributed by atoms with E-state index in [4.69, 9.17) is 0 Å². The van der Waals surface area contributed by atoms with Gasteiger partial charge in [-0.1, -0.05) is 12.1 Å². The molecule has 3 aromatic rings. The molecule has 0 saturated heterocycles. The highest BCUT2D eigenvalue weighted by Crippen LogP contribution is 2.22. The number of fused-ring (bicyclic) bond motifs is 1. The van der Waals surface area contributed by atoms with Crippen LogP contribution in [-0.2, 0) is 13.5 Å². The van der Waals surface area contributed by atoms with Crippen LogP contribution in [0.5, 0.6) is 0 Å². The number of aromatic nitrogens is 3. The van der Waals surface area contributed by atoms with Crippen LogP contribution in [0, 0.1) is 6.92 Å². The van der Waals surface area contributed by atoms with Crippen molar-refractivity contribution in [2.45, 2.75) is 19.8 Å². The summed E-state index contributed by atoms with van der Waals surface area (Å²) in [5.41, 5.74) is 2.93. The zero-order chi connectivity index (χ0) is 18.0. The van der Waals surface area contributed by atoms with Crippen LogP contribution in [0.2, 0.25) is 0 Å². The first-order valence-corrected chi connectivity index (χ1v) is 7.88. The molecule has 0 atom stereocenters. The second kappa shape index (κ2) is 6.96. The lowest BCUT2D eigenvalue weighted by Gasteiger charge is -2.05. The van der Waals surface area contributed by atoms with Gasteiger partial charge < -0.3 is 9.88 Å². The quantitative estimate of drug-likeness (QED) is 0.773. The van der Waals surface area contributed by atoms with Crippen molar-refractivity contribution < 1.29 is 13.6 Å². The first-order chi connectivity index (χ1) is 12.0. The van der Waals surface area contributed by atoms with E-state index < -0.39 is 18.0 Å². The lowest BCUT2D eigenvalue weighted by Crippen LogP contribution is -2.26. The van der Waals surface area contributed by atoms with Crippen LogP contribution in [-0.4, -0.2) is 27.0 Å². The van der Waals surface area contributed by atoms with E-state index in [1.165, 1.54) is 5.56 Å². The van der Waals surface area contributed by atoms with Crippen LogP contribution in [0.15, 0.2) is 36.8 Å². The summed E-state index contributed by atoms with van der Waals surface area (Å²) in [6.45, 7) is 2.43. The SMILES string of the molecule is Cc1ccc2c(CCNC(=O)c3cc(C(F)F)ncn3)cn(C)c2c1. The van der Waals surface area contributed by atoms with Crippen LogP contribution in [0.25, 0.3) is 10.9 Å². The minimum absolute atomic E-state index is 0.0566. The summed E-state index contributed by atoms with van der Waals surface area (Å²) in [7, 11) is 1.98. The smallest absolute Gasteiger partial charge is 0.280 e. The van der Waals surface area contributed by atoms with Crippen molar-refractivity contribution in [3.63, 3.8) is 0 Å². The highest BCUT2D eigenvalue weighted by molar-refractivity contribution is 5.92. The lowest BCUT2D eigenvalue weighted by molar-refractivity contribution is 0.0948. The highest BCUT2D eigenvalue weighted by Gasteiger charge is 2.14. The summed E-state index contributed by atoms with van der Waals surface area (Å²) in [5, 5.41) is 3.86. The molecule has 5 nitrogen and oxygen atoms in total. The minimum atomic E-state index is -2.73. The second-order valence-corrected chi connectivity index (χ2v) is 5.92. The Balaban J connectivity index is 1.67. The predicted molar refractivity (Wildman–Crippen MR) is 90.7 cm³/mol. The molecule has 0 unspecified atom stereocenters. The predicted octanol–water partition coefficient (Wildman–Crippen LogP) is 3.19. The van der Waals surface area contributed by atoms with E-state index in [9.17, 15) is 13.6 Å². The van der Waals surface area contributed by atoms with Gasteiger partial charge in [-0.05, 0) is 36.6 Å². The summed E-state index contributed by atoms with van der Waals surface area (Å²) in [6.07, 6.45) is 0.923. The molecule has 1 amide bonds. The maximum Gasteiger partial charge on any atom is 0.280 e. The number of carbonyl (C=O) groups excluding carboxylic acids is 1. The number of nitrogens with zero attached hydrogens (tertiary/aromatic N) is 3. The number of amides is 1. The Labute approximate surface area is 143 Å². The van der Waals surface area contributed by atoms with Gasteiger partial charge in [-0.15, -0.1) is 0 Å². The third-order valence-electron chi connectivity index (χ3n) is 4.05. The van der Waals surface area contributed by atoms with E-state index in [-0.39, 0.29) is 5.69 Å². The Kier molecular flexibility index (Phi) is 4.74. The number of aryl methyl sites for hydroxylation is 2. The molecule has 0 bridgehead atoms. The first-order valence-electron chi connectivity index (χ1n) is 7.88. The van der Waals surface area contributed by atoms with Crippen molar-refractivity contribution in [3.05, 3.63) is 59.3 Å².